The van der Waals surface area contributed by atoms with E-state index in [0.29, 0.717) is 36.8 Å². The smallest absolute Gasteiger partial charge is 0.222 e. The Morgan fingerprint density at radius 2 is 1.17 bits per heavy atom. The predicted octanol–water partition coefficient (Wildman–Crippen LogP) is 7.01. The number of nitrogens with zero attached hydrogens (tertiary/aromatic N) is 3. The third kappa shape index (κ3) is 11.6. The molecule has 42 heavy (non-hydrogen) atoms. The first-order valence-corrected chi connectivity index (χ1v) is 16.0. The number of carbonyl (C=O) groups excluding carboxylic acids is 2. The molecule has 2 saturated heterocycles. The average Bonchev–Trinajstić information content (AvgIpc) is 3.69. The third-order valence-corrected chi connectivity index (χ3v) is 7.89. The van der Waals surface area contributed by atoms with E-state index in [1.165, 1.54) is 11.1 Å². The molecule has 2 aromatic rings. The third-order valence-electron chi connectivity index (χ3n) is 7.89. The van der Waals surface area contributed by atoms with Crippen LogP contribution in [0.25, 0.3) is 0 Å². The Morgan fingerprint density at radius 1 is 0.738 bits per heavy atom. The SMILES string of the molecule is CC.CC.CCC(=O)N1C[C@H](NC)[C@@H](c2ccccc2)C1.CCCN(C)[C@H]1CN(C(=O)CC)C[C@@H]1c1ccccc1.I. The lowest BCUT2D eigenvalue weighted by atomic mass is 9.93. The molecule has 2 heterocycles. The first-order chi connectivity index (χ1) is 19.9. The summed E-state index contributed by atoms with van der Waals surface area (Å²) >= 11 is 0. The van der Waals surface area contributed by atoms with Gasteiger partial charge in [0.15, 0.2) is 0 Å². The van der Waals surface area contributed by atoms with Crippen LogP contribution in [0.4, 0.5) is 0 Å². The lowest BCUT2D eigenvalue weighted by Crippen LogP contribution is -2.38. The number of likely N-dealkylation sites (tertiary alicyclic amines) is 2. The number of benzene rings is 2. The van der Waals surface area contributed by atoms with Crippen LogP contribution in [0.5, 0.6) is 0 Å². The Kier molecular flexibility index (Phi) is 21.5. The fraction of sp³-hybridized carbons (Fsp3) is 0.600. The largest absolute Gasteiger partial charge is 0.340 e. The van der Waals surface area contributed by atoms with Gasteiger partial charge in [0.1, 0.15) is 0 Å². The fourth-order valence-corrected chi connectivity index (χ4v) is 5.77. The molecule has 0 aromatic heterocycles. The van der Waals surface area contributed by atoms with Gasteiger partial charge in [0.25, 0.3) is 0 Å². The molecule has 2 aliphatic rings. The van der Waals surface area contributed by atoms with E-state index in [-0.39, 0.29) is 35.8 Å². The second kappa shape index (κ2) is 22.6. The van der Waals surface area contributed by atoms with Crippen LogP contribution in [0.15, 0.2) is 60.7 Å². The molecule has 0 unspecified atom stereocenters. The van der Waals surface area contributed by atoms with Crippen molar-refractivity contribution in [2.24, 2.45) is 0 Å². The Labute approximate surface area is 274 Å². The van der Waals surface area contributed by atoms with Gasteiger partial charge < -0.3 is 20.0 Å². The maximum atomic E-state index is 12.0. The lowest BCUT2D eigenvalue weighted by Gasteiger charge is -2.28. The maximum absolute atomic E-state index is 12.0. The molecule has 4 atom stereocenters. The van der Waals surface area contributed by atoms with Crippen molar-refractivity contribution in [1.82, 2.24) is 20.0 Å². The summed E-state index contributed by atoms with van der Waals surface area (Å²) in [6, 6.07) is 21.9. The maximum Gasteiger partial charge on any atom is 0.222 e. The molecule has 2 aliphatic heterocycles. The van der Waals surface area contributed by atoms with E-state index < -0.39 is 0 Å². The molecule has 0 bridgehead atoms. The van der Waals surface area contributed by atoms with Crippen molar-refractivity contribution in [2.75, 3.05) is 46.8 Å². The summed E-state index contributed by atoms with van der Waals surface area (Å²) in [5.74, 6) is 1.38. The van der Waals surface area contributed by atoms with E-state index in [0.717, 1.165) is 39.1 Å². The molecule has 7 heteroatoms. The molecule has 2 aromatic carbocycles. The zero-order chi connectivity index (χ0) is 30.8. The van der Waals surface area contributed by atoms with Gasteiger partial charge in [-0.25, -0.2) is 0 Å². The van der Waals surface area contributed by atoms with E-state index in [9.17, 15) is 9.59 Å². The average molecular weight is 695 g/mol. The molecule has 0 aliphatic carbocycles. The lowest BCUT2D eigenvalue weighted by molar-refractivity contribution is -0.130. The van der Waals surface area contributed by atoms with Gasteiger partial charge in [-0.05, 0) is 38.2 Å². The van der Waals surface area contributed by atoms with E-state index >= 15 is 0 Å². The number of hydrogen-bond donors (Lipinski definition) is 1. The Hall–Kier alpha value is -1.97. The Bertz CT molecular complexity index is 975. The minimum absolute atomic E-state index is 0. The minimum Gasteiger partial charge on any atom is -0.340 e. The molecule has 238 valence electrons. The van der Waals surface area contributed by atoms with Crippen LogP contribution in [0, 0.1) is 0 Å². The monoisotopic (exact) mass is 694 g/mol. The second-order valence-corrected chi connectivity index (χ2v) is 10.3. The summed E-state index contributed by atoms with van der Waals surface area (Å²) in [6.45, 7) is 18.5. The van der Waals surface area contributed by atoms with Crippen molar-refractivity contribution in [3.8, 4) is 0 Å². The first-order valence-electron chi connectivity index (χ1n) is 16.0. The van der Waals surface area contributed by atoms with Crippen molar-refractivity contribution in [3.63, 3.8) is 0 Å². The summed E-state index contributed by atoms with van der Waals surface area (Å²) in [5.41, 5.74) is 2.67. The number of hydrogen-bond acceptors (Lipinski definition) is 4. The van der Waals surface area contributed by atoms with Crippen LogP contribution in [0.3, 0.4) is 0 Å². The Balaban J connectivity index is 0.000000707. The highest BCUT2D eigenvalue weighted by molar-refractivity contribution is 14.0. The summed E-state index contributed by atoms with van der Waals surface area (Å²) < 4.78 is 0. The van der Waals surface area contributed by atoms with E-state index in [1.807, 2.05) is 64.5 Å². The molecule has 4 rings (SSSR count). The van der Waals surface area contributed by atoms with E-state index in [1.54, 1.807) is 0 Å². The van der Waals surface area contributed by atoms with Crippen LogP contribution < -0.4 is 5.32 Å². The van der Waals surface area contributed by atoms with Crippen molar-refractivity contribution in [1.29, 1.82) is 0 Å². The van der Waals surface area contributed by atoms with Crippen LogP contribution in [-0.4, -0.2) is 85.4 Å². The molecule has 2 fully saturated rings. The van der Waals surface area contributed by atoms with Gasteiger partial charge in [-0.15, -0.1) is 24.0 Å². The van der Waals surface area contributed by atoms with Gasteiger partial charge in [-0.3, -0.25) is 9.59 Å². The summed E-state index contributed by atoms with van der Waals surface area (Å²) in [6.07, 6.45) is 2.35. The van der Waals surface area contributed by atoms with Crippen LogP contribution in [0.1, 0.15) is 90.7 Å². The number of halogens is 1. The first kappa shape index (κ1) is 40.0. The molecule has 2 amide bonds. The van der Waals surface area contributed by atoms with Gasteiger partial charge in [0, 0.05) is 62.9 Å². The minimum atomic E-state index is 0. The number of likely N-dealkylation sites (N-methyl/N-ethyl adjacent to an activating group) is 2. The summed E-state index contributed by atoms with van der Waals surface area (Å²) in [5, 5.41) is 3.33. The summed E-state index contributed by atoms with van der Waals surface area (Å²) in [4.78, 5) is 30.2. The van der Waals surface area contributed by atoms with Gasteiger partial charge in [0.05, 0.1) is 0 Å². The molecule has 0 spiro atoms. The Morgan fingerprint density at radius 3 is 1.60 bits per heavy atom. The van der Waals surface area contributed by atoms with Gasteiger partial charge >= 0.3 is 0 Å². The molecule has 0 radical (unpaired) electrons. The van der Waals surface area contributed by atoms with E-state index in [4.69, 9.17) is 0 Å². The molecule has 1 N–H and O–H groups in total. The molecule has 6 nitrogen and oxygen atoms in total. The number of amides is 2. The van der Waals surface area contributed by atoms with Crippen LogP contribution in [0.2, 0.25) is 0 Å². The van der Waals surface area contributed by atoms with Crippen LogP contribution >= 0.6 is 24.0 Å². The predicted molar refractivity (Wildman–Crippen MR) is 190 cm³/mol. The second-order valence-electron chi connectivity index (χ2n) is 10.3. The zero-order valence-corrected chi connectivity index (χ0v) is 30.1. The summed E-state index contributed by atoms with van der Waals surface area (Å²) in [7, 11) is 4.16. The number of carbonyl (C=O) groups is 2. The van der Waals surface area contributed by atoms with Crippen molar-refractivity contribution < 1.29 is 9.59 Å². The highest BCUT2D eigenvalue weighted by atomic mass is 127. The van der Waals surface area contributed by atoms with Crippen LogP contribution in [-0.2, 0) is 9.59 Å². The van der Waals surface area contributed by atoms with Gasteiger partial charge in [0.2, 0.25) is 11.8 Å². The highest BCUT2D eigenvalue weighted by Crippen LogP contribution is 2.31. The standard InChI is InChI=1S/C17H26N2O.C14H20N2O.2C2H6.HI/c1-4-11-18(3)16-13-19(17(20)5-2)12-15(16)14-9-7-6-8-10-14;1-3-14(17)16-9-12(13(10-16)15-2)11-7-5-4-6-8-11;2*1-2;/h6-10,15-16H,4-5,11-13H2,1-3H3;4-8,12-13,15H,3,9-10H2,1-2H3;2*1-2H3;1H/t15-,16+;12-,13+;;;/m11.../s1. The van der Waals surface area contributed by atoms with Crippen molar-refractivity contribution >= 4 is 35.8 Å². The quantitative estimate of drug-likeness (QED) is 0.302. The normalized spacial score (nSPS) is 20.7. The molecular weight excluding hydrogens is 635 g/mol. The highest BCUT2D eigenvalue weighted by Gasteiger charge is 2.37. The van der Waals surface area contributed by atoms with Gasteiger partial charge in [-0.2, -0.15) is 0 Å². The van der Waals surface area contributed by atoms with Crippen molar-refractivity contribution in [2.45, 2.75) is 91.6 Å². The number of rotatable bonds is 8. The topological polar surface area (TPSA) is 55.9 Å². The zero-order valence-electron chi connectivity index (χ0n) is 27.8. The molecular formula is C35H59IN4O2. The number of nitrogens with one attached hydrogen (secondary N) is 1. The molecule has 0 saturated carbocycles. The van der Waals surface area contributed by atoms with Gasteiger partial charge in [-0.1, -0.05) is 109 Å². The van der Waals surface area contributed by atoms with Crippen molar-refractivity contribution in [3.05, 3.63) is 71.8 Å². The van der Waals surface area contributed by atoms with E-state index in [2.05, 4.69) is 78.8 Å². The fourth-order valence-electron chi connectivity index (χ4n) is 5.77.